The number of rotatable bonds is 6. The van der Waals surface area contributed by atoms with Crippen LogP contribution in [0.25, 0.3) is 0 Å². The summed E-state index contributed by atoms with van der Waals surface area (Å²) in [6, 6.07) is 5.67. The quantitative estimate of drug-likeness (QED) is 0.860. The van der Waals surface area contributed by atoms with E-state index >= 15 is 0 Å². The molecule has 1 aromatic rings. The van der Waals surface area contributed by atoms with Crippen molar-refractivity contribution >= 4 is 0 Å². The molecule has 4 heteroatoms. The number of hydrogen-bond donors (Lipinski definition) is 1. The molecule has 1 aromatic carbocycles. The molecule has 0 saturated carbocycles. The highest BCUT2D eigenvalue weighted by molar-refractivity contribution is 5.28. The first-order valence-electron chi connectivity index (χ1n) is 7.01. The zero-order valence-electron chi connectivity index (χ0n) is 11.6. The summed E-state index contributed by atoms with van der Waals surface area (Å²) < 4.78 is 19.0. The molecule has 1 heterocycles. The van der Waals surface area contributed by atoms with E-state index in [1.54, 1.807) is 7.11 Å². The molecule has 0 spiro atoms. The van der Waals surface area contributed by atoms with Crippen LogP contribution in [0.5, 0.6) is 5.75 Å². The van der Waals surface area contributed by atoms with Crippen molar-refractivity contribution in [2.75, 3.05) is 20.2 Å². The fourth-order valence-corrected chi connectivity index (χ4v) is 2.79. The summed E-state index contributed by atoms with van der Waals surface area (Å²) in [7, 11) is 1.55. The van der Waals surface area contributed by atoms with Gasteiger partial charge < -0.3 is 10.5 Å². The third-order valence-corrected chi connectivity index (χ3v) is 3.87. The van der Waals surface area contributed by atoms with Crippen molar-refractivity contribution in [2.45, 2.75) is 38.3 Å². The lowest BCUT2D eigenvalue weighted by molar-refractivity contribution is 0.229. The molecule has 1 fully saturated rings. The Balaban J connectivity index is 1.99. The van der Waals surface area contributed by atoms with Crippen LogP contribution in [0.1, 0.15) is 31.2 Å². The zero-order valence-corrected chi connectivity index (χ0v) is 11.6. The number of likely N-dealkylation sites (tertiary alicyclic amines) is 1. The Kier molecular flexibility index (Phi) is 5.16. The van der Waals surface area contributed by atoms with Crippen LogP contribution >= 0.6 is 0 Å². The largest absolute Gasteiger partial charge is 0.497 e. The Morgan fingerprint density at radius 2 is 2.32 bits per heavy atom. The number of methoxy groups -OCH3 is 1. The minimum atomic E-state index is -0.177. The van der Waals surface area contributed by atoms with E-state index in [0.717, 1.165) is 31.5 Å². The minimum Gasteiger partial charge on any atom is -0.497 e. The zero-order chi connectivity index (χ0) is 13.7. The van der Waals surface area contributed by atoms with Gasteiger partial charge >= 0.3 is 0 Å². The average Bonchev–Trinajstić information content (AvgIpc) is 2.86. The molecule has 1 aliphatic rings. The lowest BCUT2D eigenvalue weighted by Gasteiger charge is -2.24. The number of nitrogens with two attached hydrogens (primary N) is 1. The third kappa shape index (κ3) is 3.67. The van der Waals surface area contributed by atoms with Crippen LogP contribution in [-0.2, 0) is 6.54 Å². The Morgan fingerprint density at radius 3 is 3.00 bits per heavy atom. The molecule has 0 radical (unpaired) electrons. The monoisotopic (exact) mass is 266 g/mol. The second kappa shape index (κ2) is 6.87. The summed E-state index contributed by atoms with van der Waals surface area (Å²) in [5.41, 5.74) is 6.32. The molecule has 0 amide bonds. The van der Waals surface area contributed by atoms with Gasteiger partial charge in [-0.05, 0) is 44.8 Å². The lowest BCUT2D eigenvalue weighted by Crippen LogP contribution is -2.29. The van der Waals surface area contributed by atoms with Gasteiger partial charge in [-0.1, -0.05) is 6.07 Å². The fourth-order valence-electron chi connectivity index (χ4n) is 2.79. The summed E-state index contributed by atoms with van der Waals surface area (Å²) in [6.45, 7) is 2.48. The Bertz CT molecular complexity index is 411. The van der Waals surface area contributed by atoms with Gasteiger partial charge in [-0.3, -0.25) is 4.90 Å². The predicted octanol–water partition coefficient (Wildman–Crippen LogP) is 2.54. The molecule has 3 nitrogen and oxygen atoms in total. The summed E-state index contributed by atoms with van der Waals surface area (Å²) in [5, 5.41) is 0. The van der Waals surface area contributed by atoms with Crippen molar-refractivity contribution < 1.29 is 9.13 Å². The molecule has 106 valence electrons. The van der Waals surface area contributed by atoms with Crippen LogP contribution in [0.15, 0.2) is 18.2 Å². The summed E-state index contributed by atoms with van der Waals surface area (Å²) in [6.07, 6.45) is 4.57. The molecule has 1 saturated heterocycles. The average molecular weight is 266 g/mol. The van der Waals surface area contributed by atoms with Gasteiger partial charge in [0.15, 0.2) is 0 Å². The first kappa shape index (κ1) is 14.3. The topological polar surface area (TPSA) is 38.5 Å². The van der Waals surface area contributed by atoms with Crippen molar-refractivity contribution in [3.8, 4) is 5.75 Å². The van der Waals surface area contributed by atoms with E-state index in [4.69, 9.17) is 10.5 Å². The van der Waals surface area contributed by atoms with Crippen LogP contribution in [-0.4, -0.2) is 31.1 Å². The van der Waals surface area contributed by atoms with Gasteiger partial charge in [-0.2, -0.15) is 0 Å². The maximum atomic E-state index is 13.9. The normalized spacial score (nSPS) is 19.8. The number of halogens is 1. The first-order chi connectivity index (χ1) is 9.24. The second-order valence-electron chi connectivity index (χ2n) is 5.15. The van der Waals surface area contributed by atoms with Gasteiger partial charge in [0.2, 0.25) is 0 Å². The standard InChI is InChI=1S/C15H23FN2O/c1-19-14-7-6-12(15(16)10-14)11-18-9-3-5-13(18)4-2-8-17/h6-7,10,13H,2-5,8-9,11,17H2,1H3. The van der Waals surface area contributed by atoms with Gasteiger partial charge in [0, 0.05) is 24.2 Å². The Morgan fingerprint density at radius 1 is 1.47 bits per heavy atom. The van der Waals surface area contributed by atoms with Crippen molar-refractivity contribution in [1.29, 1.82) is 0 Å². The summed E-state index contributed by atoms with van der Waals surface area (Å²) in [4.78, 5) is 2.38. The number of ether oxygens (including phenoxy) is 1. The molecule has 1 unspecified atom stereocenters. The van der Waals surface area contributed by atoms with Crippen molar-refractivity contribution in [2.24, 2.45) is 5.73 Å². The number of hydrogen-bond acceptors (Lipinski definition) is 3. The van der Waals surface area contributed by atoms with Crippen molar-refractivity contribution in [3.05, 3.63) is 29.6 Å². The molecular formula is C15H23FN2O. The van der Waals surface area contributed by atoms with Crippen LogP contribution in [0.4, 0.5) is 4.39 Å². The number of benzene rings is 1. The highest BCUT2D eigenvalue weighted by Crippen LogP contribution is 2.25. The molecule has 0 bridgehead atoms. The van der Waals surface area contributed by atoms with E-state index in [9.17, 15) is 4.39 Å². The Hall–Kier alpha value is -1.13. The molecule has 1 atom stereocenters. The van der Waals surface area contributed by atoms with Crippen molar-refractivity contribution in [3.63, 3.8) is 0 Å². The predicted molar refractivity (Wildman–Crippen MR) is 74.7 cm³/mol. The van der Waals surface area contributed by atoms with E-state index in [1.807, 2.05) is 12.1 Å². The van der Waals surface area contributed by atoms with Crippen LogP contribution < -0.4 is 10.5 Å². The van der Waals surface area contributed by atoms with E-state index in [2.05, 4.69) is 4.90 Å². The molecule has 0 aliphatic carbocycles. The van der Waals surface area contributed by atoms with E-state index < -0.39 is 0 Å². The van der Waals surface area contributed by atoms with Gasteiger partial charge in [-0.15, -0.1) is 0 Å². The minimum absolute atomic E-state index is 0.177. The van der Waals surface area contributed by atoms with Crippen LogP contribution in [0.3, 0.4) is 0 Å². The van der Waals surface area contributed by atoms with Crippen LogP contribution in [0, 0.1) is 5.82 Å². The van der Waals surface area contributed by atoms with Crippen molar-refractivity contribution in [1.82, 2.24) is 4.90 Å². The van der Waals surface area contributed by atoms with E-state index in [0.29, 0.717) is 18.3 Å². The SMILES string of the molecule is COc1ccc(CN2CCCC2CCCN)c(F)c1. The van der Waals surface area contributed by atoms with Gasteiger partial charge in [0.1, 0.15) is 11.6 Å². The first-order valence-corrected chi connectivity index (χ1v) is 7.01. The van der Waals surface area contributed by atoms with Gasteiger partial charge in [-0.25, -0.2) is 4.39 Å². The molecule has 19 heavy (non-hydrogen) atoms. The van der Waals surface area contributed by atoms with Gasteiger partial charge in [0.25, 0.3) is 0 Å². The fraction of sp³-hybridized carbons (Fsp3) is 0.600. The maximum Gasteiger partial charge on any atom is 0.131 e. The molecule has 2 N–H and O–H groups in total. The second-order valence-corrected chi connectivity index (χ2v) is 5.15. The van der Waals surface area contributed by atoms with E-state index in [1.165, 1.54) is 18.9 Å². The smallest absolute Gasteiger partial charge is 0.131 e. The number of nitrogens with zero attached hydrogens (tertiary/aromatic N) is 1. The Labute approximate surface area is 114 Å². The summed E-state index contributed by atoms with van der Waals surface area (Å²) in [5.74, 6) is 0.395. The van der Waals surface area contributed by atoms with E-state index in [-0.39, 0.29) is 5.82 Å². The lowest BCUT2D eigenvalue weighted by atomic mass is 10.1. The molecule has 0 aromatic heterocycles. The molecule has 2 rings (SSSR count). The van der Waals surface area contributed by atoms with Crippen LogP contribution in [0.2, 0.25) is 0 Å². The third-order valence-electron chi connectivity index (χ3n) is 3.87. The summed E-state index contributed by atoms with van der Waals surface area (Å²) >= 11 is 0. The highest BCUT2D eigenvalue weighted by Gasteiger charge is 2.24. The highest BCUT2D eigenvalue weighted by atomic mass is 19.1. The molecular weight excluding hydrogens is 243 g/mol. The van der Waals surface area contributed by atoms with Gasteiger partial charge in [0.05, 0.1) is 7.11 Å². The maximum absolute atomic E-state index is 13.9. The molecule has 1 aliphatic heterocycles.